The van der Waals surface area contributed by atoms with Crippen LogP contribution in [0.15, 0.2) is 83.0 Å². The van der Waals surface area contributed by atoms with E-state index in [1.165, 1.54) is 19.2 Å². The van der Waals surface area contributed by atoms with Crippen LogP contribution in [0.1, 0.15) is 15.9 Å². The molecule has 0 unspecified atom stereocenters. The van der Waals surface area contributed by atoms with Crippen LogP contribution >= 0.6 is 0 Å². The van der Waals surface area contributed by atoms with Gasteiger partial charge in [-0.05, 0) is 42.1 Å². The molecule has 0 atom stereocenters. The van der Waals surface area contributed by atoms with Crippen molar-refractivity contribution in [2.45, 2.75) is 6.92 Å². The van der Waals surface area contributed by atoms with Gasteiger partial charge in [-0.3, -0.25) is 14.9 Å². The van der Waals surface area contributed by atoms with Crippen LogP contribution in [-0.2, 0) is 0 Å². The summed E-state index contributed by atoms with van der Waals surface area (Å²) < 4.78 is 5.27. The van der Waals surface area contributed by atoms with Crippen LogP contribution in [0.4, 0.5) is 22.7 Å². The van der Waals surface area contributed by atoms with Gasteiger partial charge in [-0.2, -0.15) is 0 Å². The number of phenolic OH excluding ortho intramolecular Hbond substituents is 1. The lowest BCUT2D eigenvalue weighted by molar-refractivity contribution is -0.384. The molecule has 0 saturated carbocycles. The van der Waals surface area contributed by atoms with Crippen LogP contribution in [-0.4, -0.2) is 23.0 Å². The van der Waals surface area contributed by atoms with Gasteiger partial charge in [0.2, 0.25) is 0 Å². The molecule has 0 radical (unpaired) electrons. The number of aromatic hydroxyl groups is 1. The number of rotatable bonds is 6. The smallest absolute Gasteiger partial charge is 0.296 e. The Morgan fingerprint density at radius 3 is 2.53 bits per heavy atom. The molecule has 170 valence electrons. The summed E-state index contributed by atoms with van der Waals surface area (Å²) in [6.45, 7) is 1.73. The molecule has 9 nitrogen and oxygen atoms in total. The second-order valence-corrected chi connectivity index (χ2v) is 7.45. The molecule has 9 heteroatoms. The number of hydrogen-bond acceptors (Lipinski definition) is 7. The summed E-state index contributed by atoms with van der Waals surface area (Å²) in [7, 11) is 1.49. The molecule has 0 fully saturated rings. The van der Waals surface area contributed by atoms with Crippen LogP contribution in [0.5, 0.6) is 11.5 Å². The molecule has 4 rings (SSSR count). The number of phenols is 1. The van der Waals surface area contributed by atoms with Crippen LogP contribution in [0, 0.1) is 17.0 Å². The normalized spacial score (nSPS) is 11.0. The molecule has 0 spiro atoms. The van der Waals surface area contributed by atoms with Crippen molar-refractivity contribution in [3.63, 3.8) is 0 Å². The Morgan fingerprint density at radius 2 is 1.76 bits per heavy atom. The first-order valence-corrected chi connectivity index (χ1v) is 10.2. The number of nitrogens with zero attached hydrogens (tertiary/aromatic N) is 3. The number of benzene rings is 4. The molecule has 0 bridgehead atoms. The van der Waals surface area contributed by atoms with Crippen molar-refractivity contribution in [1.29, 1.82) is 0 Å². The molecule has 1 amide bonds. The van der Waals surface area contributed by atoms with E-state index < -0.39 is 16.6 Å². The summed E-state index contributed by atoms with van der Waals surface area (Å²) in [6, 6.07) is 20.0. The summed E-state index contributed by atoms with van der Waals surface area (Å²) in [4.78, 5) is 23.9. The van der Waals surface area contributed by atoms with Gasteiger partial charge >= 0.3 is 0 Å². The molecule has 4 aromatic carbocycles. The van der Waals surface area contributed by atoms with Gasteiger partial charge < -0.3 is 15.2 Å². The molecule has 0 aliphatic heterocycles. The second kappa shape index (κ2) is 9.37. The summed E-state index contributed by atoms with van der Waals surface area (Å²) in [5, 5.41) is 34.5. The quantitative estimate of drug-likeness (QED) is 0.196. The zero-order valence-corrected chi connectivity index (χ0v) is 18.4. The largest absolute Gasteiger partial charge is 0.505 e. The first kappa shape index (κ1) is 22.4. The number of fused-ring (bicyclic) bond motifs is 1. The Labute approximate surface area is 194 Å². The van der Waals surface area contributed by atoms with Gasteiger partial charge in [-0.15, -0.1) is 10.2 Å². The number of carbonyl (C=O) groups excluding carboxylic acids is 1. The molecule has 2 N–H and O–H groups in total. The number of aryl methyl sites for hydroxylation is 1. The molecule has 4 aromatic rings. The second-order valence-electron chi connectivity index (χ2n) is 7.45. The van der Waals surface area contributed by atoms with E-state index >= 15 is 0 Å². The maximum Gasteiger partial charge on any atom is 0.296 e. The van der Waals surface area contributed by atoms with E-state index in [4.69, 9.17) is 4.74 Å². The van der Waals surface area contributed by atoms with Gasteiger partial charge in [0.15, 0.2) is 11.4 Å². The average molecular weight is 456 g/mol. The van der Waals surface area contributed by atoms with Gasteiger partial charge in [-0.25, -0.2) is 0 Å². The van der Waals surface area contributed by atoms with Crippen molar-refractivity contribution in [1.82, 2.24) is 0 Å². The number of carbonyl (C=O) groups is 1. The Bertz CT molecular complexity index is 1450. The van der Waals surface area contributed by atoms with Crippen molar-refractivity contribution in [2.24, 2.45) is 10.2 Å². The number of para-hydroxylation sites is 2. The molecule has 34 heavy (non-hydrogen) atoms. The zero-order valence-electron chi connectivity index (χ0n) is 18.4. The number of azo groups is 1. The molecule has 0 aromatic heterocycles. The number of hydrogen-bond donors (Lipinski definition) is 2. The highest BCUT2D eigenvalue weighted by Gasteiger charge is 2.20. The Hall–Kier alpha value is -4.79. The standard InChI is InChI=1S/C25H20N4O5/c1-15-11-12-19(21(13-15)29(32)33)27-28-23-17-8-4-3-7-16(17)14-18(24(23)30)25(31)26-20-9-5-6-10-22(20)34-2/h3-14,30H,1-2H3,(H,26,31). The number of nitro groups is 1. The Morgan fingerprint density at radius 1 is 1.03 bits per heavy atom. The number of methoxy groups -OCH3 is 1. The molecule has 0 saturated heterocycles. The summed E-state index contributed by atoms with van der Waals surface area (Å²) in [6.07, 6.45) is 0. The maximum atomic E-state index is 13.1. The van der Waals surface area contributed by atoms with Crippen molar-refractivity contribution in [3.05, 3.63) is 94.0 Å². The minimum Gasteiger partial charge on any atom is -0.505 e. The Kier molecular flexibility index (Phi) is 6.18. The topological polar surface area (TPSA) is 126 Å². The lowest BCUT2D eigenvalue weighted by Gasteiger charge is -2.13. The first-order valence-electron chi connectivity index (χ1n) is 10.2. The van der Waals surface area contributed by atoms with Gasteiger partial charge in [0.25, 0.3) is 11.6 Å². The molecule has 0 aliphatic rings. The highest BCUT2D eigenvalue weighted by atomic mass is 16.6. The Balaban J connectivity index is 1.80. The number of amides is 1. The molecule has 0 aliphatic carbocycles. The van der Waals surface area contributed by atoms with E-state index in [0.29, 0.717) is 27.8 Å². The van der Waals surface area contributed by atoms with Gasteiger partial charge in [0, 0.05) is 11.5 Å². The van der Waals surface area contributed by atoms with E-state index in [0.717, 1.165) is 0 Å². The zero-order chi connectivity index (χ0) is 24.2. The van der Waals surface area contributed by atoms with Crippen molar-refractivity contribution in [2.75, 3.05) is 12.4 Å². The van der Waals surface area contributed by atoms with E-state index in [-0.39, 0.29) is 22.6 Å². The molecular formula is C25H20N4O5. The maximum absolute atomic E-state index is 13.1. The van der Waals surface area contributed by atoms with Gasteiger partial charge in [-0.1, -0.05) is 42.5 Å². The van der Waals surface area contributed by atoms with Crippen LogP contribution in [0.25, 0.3) is 10.8 Å². The number of nitro benzene ring substituents is 1. The fraction of sp³-hybridized carbons (Fsp3) is 0.0800. The minimum absolute atomic E-state index is 0.0261. The van der Waals surface area contributed by atoms with Crippen molar-refractivity contribution in [3.8, 4) is 11.5 Å². The molecular weight excluding hydrogens is 436 g/mol. The summed E-state index contributed by atoms with van der Waals surface area (Å²) >= 11 is 0. The summed E-state index contributed by atoms with van der Waals surface area (Å²) in [5.74, 6) is -0.516. The van der Waals surface area contributed by atoms with Gasteiger partial charge in [0.1, 0.15) is 11.4 Å². The van der Waals surface area contributed by atoms with Crippen molar-refractivity contribution >= 4 is 39.4 Å². The number of anilines is 1. The van der Waals surface area contributed by atoms with Crippen LogP contribution in [0.2, 0.25) is 0 Å². The number of ether oxygens (including phenoxy) is 1. The highest BCUT2D eigenvalue weighted by Crippen LogP contribution is 2.40. The lowest BCUT2D eigenvalue weighted by Crippen LogP contribution is -2.13. The monoisotopic (exact) mass is 456 g/mol. The minimum atomic E-state index is -0.578. The molecule has 0 heterocycles. The fourth-order valence-corrected chi connectivity index (χ4v) is 3.50. The first-order chi connectivity index (χ1) is 16.4. The SMILES string of the molecule is COc1ccccc1NC(=O)c1cc2ccccc2c(N=Nc2ccc(C)cc2[N+](=O)[O-])c1O. The fourth-order valence-electron chi connectivity index (χ4n) is 3.50. The average Bonchev–Trinajstić information content (AvgIpc) is 2.84. The predicted molar refractivity (Wildman–Crippen MR) is 129 cm³/mol. The predicted octanol–water partition coefficient (Wildman–Crippen LogP) is 6.44. The van der Waals surface area contributed by atoms with E-state index in [9.17, 15) is 20.0 Å². The van der Waals surface area contributed by atoms with Crippen LogP contribution < -0.4 is 10.1 Å². The summed E-state index contributed by atoms with van der Waals surface area (Å²) in [5.41, 5.74) is 0.950. The highest BCUT2D eigenvalue weighted by molar-refractivity contribution is 6.12. The van der Waals surface area contributed by atoms with Crippen LogP contribution in [0.3, 0.4) is 0 Å². The van der Waals surface area contributed by atoms with Crippen molar-refractivity contribution < 1.29 is 19.6 Å². The van der Waals surface area contributed by atoms with E-state index in [1.54, 1.807) is 67.6 Å². The number of nitrogens with one attached hydrogen (secondary N) is 1. The third kappa shape index (κ3) is 4.40. The van der Waals surface area contributed by atoms with E-state index in [1.807, 2.05) is 0 Å². The lowest BCUT2D eigenvalue weighted by atomic mass is 10.0. The third-order valence-corrected chi connectivity index (χ3v) is 5.18. The van der Waals surface area contributed by atoms with Gasteiger partial charge in [0.05, 0.1) is 23.3 Å². The van der Waals surface area contributed by atoms with E-state index in [2.05, 4.69) is 15.5 Å². The third-order valence-electron chi connectivity index (χ3n) is 5.18.